The van der Waals surface area contributed by atoms with Gasteiger partial charge in [-0.15, -0.1) is 0 Å². The number of ether oxygens (including phenoxy) is 1. The van der Waals surface area contributed by atoms with Gasteiger partial charge >= 0.3 is 5.97 Å². The molecule has 0 aliphatic heterocycles. The number of hydrogen-bond donors (Lipinski definition) is 1. The van der Waals surface area contributed by atoms with E-state index >= 15 is 0 Å². The van der Waals surface area contributed by atoms with Crippen LogP contribution in [0.25, 0.3) is 0 Å². The molecule has 1 fully saturated rings. The van der Waals surface area contributed by atoms with E-state index in [1.165, 1.54) is 31.5 Å². The van der Waals surface area contributed by atoms with Crippen LogP contribution in [0.5, 0.6) is 0 Å². The van der Waals surface area contributed by atoms with Gasteiger partial charge in [0.1, 0.15) is 5.82 Å². The lowest BCUT2D eigenvalue weighted by atomic mass is 9.95. The number of amides is 1. The van der Waals surface area contributed by atoms with Crippen molar-refractivity contribution in [1.82, 2.24) is 5.32 Å². The molecule has 0 spiro atoms. The third-order valence-electron chi connectivity index (χ3n) is 3.62. The lowest BCUT2D eigenvalue weighted by Crippen LogP contribution is -2.40. The maximum atomic E-state index is 13.3. The largest absolute Gasteiger partial charge is 0.447 e. The van der Waals surface area contributed by atoms with Crippen molar-refractivity contribution in [3.8, 4) is 0 Å². The lowest BCUT2D eigenvalue weighted by Gasteiger charge is -2.25. The van der Waals surface area contributed by atoms with Gasteiger partial charge in [-0.05, 0) is 25.0 Å². The standard InChI is InChI=1S/C16H20FNO3/c1-11(19)21-15(12-6-5-7-13(17)10-12)16(20)18-14-8-3-2-4-9-14/h5-7,10,14-15H,2-4,8-9H2,1H3,(H,18,20)/t15-/m1/s1. The quantitative estimate of drug-likeness (QED) is 0.868. The fourth-order valence-electron chi connectivity index (χ4n) is 2.63. The molecule has 1 aliphatic carbocycles. The molecule has 1 aromatic rings. The van der Waals surface area contributed by atoms with Crippen molar-refractivity contribution in [3.63, 3.8) is 0 Å². The Morgan fingerprint density at radius 2 is 2.00 bits per heavy atom. The van der Waals surface area contributed by atoms with E-state index in [2.05, 4.69) is 5.32 Å². The van der Waals surface area contributed by atoms with Crippen LogP contribution in [0.15, 0.2) is 24.3 Å². The highest BCUT2D eigenvalue weighted by Crippen LogP contribution is 2.22. The van der Waals surface area contributed by atoms with Gasteiger partial charge < -0.3 is 10.1 Å². The normalized spacial score (nSPS) is 17.0. The van der Waals surface area contributed by atoms with Gasteiger partial charge in [0, 0.05) is 18.5 Å². The van der Waals surface area contributed by atoms with Crippen molar-refractivity contribution < 1.29 is 18.7 Å². The van der Waals surface area contributed by atoms with Crippen molar-refractivity contribution in [2.24, 2.45) is 0 Å². The molecule has 1 N–H and O–H groups in total. The van der Waals surface area contributed by atoms with E-state index in [-0.39, 0.29) is 11.9 Å². The predicted molar refractivity (Wildman–Crippen MR) is 75.9 cm³/mol. The van der Waals surface area contributed by atoms with Crippen LogP contribution in [0.4, 0.5) is 4.39 Å². The fourth-order valence-corrected chi connectivity index (χ4v) is 2.63. The Balaban J connectivity index is 2.11. The van der Waals surface area contributed by atoms with Gasteiger partial charge in [0.05, 0.1) is 0 Å². The SMILES string of the molecule is CC(=O)O[C@@H](C(=O)NC1CCCCC1)c1cccc(F)c1. The highest BCUT2D eigenvalue weighted by atomic mass is 19.1. The fraction of sp³-hybridized carbons (Fsp3) is 0.500. The van der Waals surface area contributed by atoms with Gasteiger partial charge in [-0.2, -0.15) is 0 Å². The molecule has 114 valence electrons. The number of halogens is 1. The van der Waals surface area contributed by atoms with Gasteiger partial charge in [0.2, 0.25) is 6.10 Å². The van der Waals surface area contributed by atoms with E-state index in [4.69, 9.17) is 4.74 Å². The van der Waals surface area contributed by atoms with E-state index < -0.39 is 17.9 Å². The molecule has 1 aromatic carbocycles. The number of nitrogens with one attached hydrogen (secondary N) is 1. The van der Waals surface area contributed by atoms with Crippen molar-refractivity contribution in [2.75, 3.05) is 0 Å². The number of carbonyl (C=O) groups is 2. The van der Waals surface area contributed by atoms with E-state index in [0.29, 0.717) is 5.56 Å². The van der Waals surface area contributed by atoms with Crippen LogP contribution >= 0.6 is 0 Å². The number of carbonyl (C=O) groups excluding carboxylic acids is 2. The zero-order valence-electron chi connectivity index (χ0n) is 12.1. The highest BCUT2D eigenvalue weighted by molar-refractivity contribution is 5.84. The molecule has 1 atom stereocenters. The van der Waals surface area contributed by atoms with Gasteiger partial charge in [-0.3, -0.25) is 9.59 Å². The molecule has 1 saturated carbocycles. The zero-order chi connectivity index (χ0) is 15.2. The van der Waals surface area contributed by atoms with E-state index in [1.54, 1.807) is 6.07 Å². The maximum absolute atomic E-state index is 13.3. The van der Waals surface area contributed by atoms with Gasteiger partial charge in [-0.1, -0.05) is 31.4 Å². The number of benzene rings is 1. The van der Waals surface area contributed by atoms with Crippen molar-refractivity contribution >= 4 is 11.9 Å². The smallest absolute Gasteiger partial charge is 0.303 e. The van der Waals surface area contributed by atoms with E-state index in [0.717, 1.165) is 25.7 Å². The molecule has 0 unspecified atom stereocenters. The molecule has 0 heterocycles. The summed E-state index contributed by atoms with van der Waals surface area (Å²) in [6.45, 7) is 1.24. The summed E-state index contributed by atoms with van der Waals surface area (Å²) in [5.41, 5.74) is 0.346. The van der Waals surface area contributed by atoms with Crippen molar-refractivity contribution in [1.29, 1.82) is 0 Å². The zero-order valence-corrected chi connectivity index (χ0v) is 12.1. The highest BCUT2D eigenvalue weighted by Gasteiger charge is 2.26. The Morgan fingerprint density at radius 3 is 2.62 bits per heavy atom. The van der Waals surface area contributed by atoms with Crippen molar-refractivity contribution in [2.45, 2.75) is 51.2 Å². The third kappa shape index (κ3) is 4.55. The van der Waals surface area contributed by atoms with Crippen LogP contribution in [-0.4, -0.2) is 17.9 Å². The first-order chi connectivity index (χ1) is 10.1. The summed E-state index contributed by atoms with van der Waals surface area (Å²) in [6, 6.07) is 5.69. The average Bonchev–Trinajstić information content (AvgIpc) is 2.45. The monoisotopic (exact) mass is 293 g/mol. The summed E-state index contributed by atoms with van der Waals surface area (Å²) >= 11 is 0. The Kier molecular flexibility index (Phi) is 5.31. The summed E-state index contributed by atoms with van der Waals surface area (Å²) in [4.78, 5) is 23.6. The minimum absolute atomic E-state index is 0.109. The molecule has 0 aromatic heterocycles. The van der Waals surface area contributed by atoms with Crippen LogP contribution in [0.3, 0.4) is 0 Å². The summed E-state index contributed by atoms with van der Waals surface area (Å²) in [6.07, 6.45) is 4.12. The molecule has 5 heteroatoms. The molecular weight excluding hydrogens is 273 g/mol. The summed E-state index contributed by atoms with van der Waals surface area (Å²) in [7, 11) is 0. The van der Waals surface area contributed by atoms with Crippen LogP contribution < -0.4 is 5.32 Å². The number of esters is 1. The Hall–Kier alpha value is -1.91. The minimum Gasteiger partial charge on any atom is -0.447 e. The molecule has 0 radical (unpaired) electrons. The Labute approximate surface area is 123 Å². The van der Waals surface area contributed by atoms with Crippen LogP contribution in [0.2, 0.25) is 0 Å². The summed E-state index contributed by atoms with van der Waals surface area (Å²) < 4.78 is 18.4. The van der Waals surface area contributed by atoms with Crippen molar-refractivity contribution in [3.05, 3.63) is 35.6 Å². The lowest BCUT2D eigenvalue weighted by molar-refractivity contribution is -0.154. The first-order valence-corrected chi connectivity index (χ1v) is 7.29. The second-order valence-corrected chi connectivity index (χ2v) is 5.39. The van der Waals surface area contributed by atoms with E-state index in [1.807, 2.05) is 0 Å². The molecule has 4 nitrogen and oxygen atoms in total. The molecule has 0 bridgehead atoms. The Morgan fingerprint density at radius 1 is 1.29 bits per heavy atom. The minimum atomic E-state index is -1.10. The number of hydrogen-bond acceptors (Lipinski definition) is 3. The maximum Gasteiger partial charge on any atom is 0.303 e. The Bertz CT molecular complexity index is 512. The summed E-state index contributed by atoms with van der Waals surface area (Å²) in [5.74, 6) is -1.42. The van der Waals surface area contributed by atoms with Gasteiger partial charge in [0.25, 0.3) is 5.91 Å². The average molecular weight is 293 g/mol. The van der Waals surface area contributed by atoms with Crippen LogP contribution in [0, 0.1) is 5.82 Å². The number of rotatable bonds is 4. The second kappa shape index (κ2) is 7.20. The molecule has 1 amide bonds. The van der Waals surface area contributed by atoms with Crippen LogP contribution in [-0.2, 0) is 14.3 Å². The first kappa shape index (κ1) is 15.5. The van der Waals surface area contributed by atoms with Crippen LogP contribution in [0.1, 0.15) is 50.7 Å². The second-order valence-electron chi connectivity index (χ2n) is 5.39. The summed E-state index contributed by atoms with van der Waals surface area (Å²) in [5, 5.41) is 2.90. The van der Waals surface area contributed by atoms with E-state index in [9.17, 15) is 14.0 Å². The topological polar surface area (TPSA) is 55.4 Å². The van der Waals surface area contributed by atoms with Gasteiger partial charge in [-0.25, -0.2) is 4.39 Å². The first-order valence-electron chi connectivity index (χ1n) is 7.29. The molecule has 2 rings (SSSR count). The molecular formula is C16H20FNO3. The predicted octanol–water partition coefficient (Wildman–Crippen LogP) is 2.88. The molecule has 21 heavy (non-hydrogen) atoms. The van der Waals surface area contributed by atoms with Gasteiger partial charge in [0.15, 0.2) is 0 Å². The molecule has 1 aliphatic rings. The molecule has 0 saturated heterocycles. The third-order valence-corrected chi connectivity index (χ3v) is 3.62.